The van der Waals surface area contributed by atoms with Crippen molar-refractivity contribution in [2.24, 2.45) is 5.41 Å². The largest absolute Gasteiger partial charge is 0.333 e. The fourth-order valence-electron chi connectivity index (χ4n) is 5.16. The van der Waals surface area contributed by atoms with Crippen LogP contribution in [0, 0.1) is 11.5 Å². The summed E-state index contributed by atoms with van der Waals surface area (Å²) in [5, 5.41) is 0. The molecule has 1 aromatic heterocycles. The van der Waals surface area contributed by atoms with Gasteiger partial charge in [-0.3, -0.25) is 4.98 Å². The van der Waals surface area contributed by atoms with Crippen LogP contribution < -0.4 is 0 Å². The van der Waals surface area contributed by atoms with Crippen molar-refractivity contribution < 1.29 is 20.1 Å². The Balaban J connectivity index is 0.00000231. The number of hydrogen-bond donors (Lipinski definition) is 0. The number of fused-ring (bicyclic) bond motifs is 2. The SMILES string of the molecule is CC1(C)c2cc3nc(-c4[c-]cccc4)n(-c4ccccc4)c3cc2C(C)(C)C1(C)C.[Ir]. The number of para-hydroxylation sites is 1. The van der Waals surface area contributed by atoms with Crippen LogP contribution in [-0.2, 0) is 30.9 Å². The van der Waals surface area contributed by atoms with Crippen molar-refractivity contribution in [2.75, 3.05) is 0 Å². The van der Waals surface area contributed by atoms with Gasteiger partial charge in [-0.2, -0.15) is 0 Å². The Morgan fingerprint density at radius 3 is 2.00 bits per heavy atom. The molecule has 161 valence electrons. The molecule has 0 spiro atoms. The van der Waals surface area contributed by atoms with E-state index in [9.17, 15) is 0 Å². The molecule has 1 aliphatic carbocycles. The Morgan fingerprint density at radius 2 is 1.39 bits per heavy atom. The Labute approximate surface area is 199 Å². The molecule has 0 bridgehead atoms. The third kappa shape index (κ3) is 2.90. The van der Waals surface area contributed by atoms with Crippen molar-refractivity contribution in [1.29, 1.82) is 0 Å². The molecule has 1 heterocycles. The van der Waals surface area contributed by atoms with E-state index in [1.54, 1.807) is 0 Å². The topological polar surface area (TPSA) is 17.8 Å². The first kappa shape index (κ1) is 22.0. The first-order valence-corrected chi connectivity index (χ1v) is 10.8. The molecule has 0 saturated heterocycles. The van der Waals surface area contributed by atoms with E-state index in [1.165, 1.54) is 11.1 Å². The average Bonchev–Trinajstić information content (AvgIpc) is 3.16. The minimum atomic E-state index is 0. The maximum atomic E-state index is 5.13. The van der Waals surface area contributed by atoms with Crippen LogP contribution in [0.15, 0.2) is 66.7 Å². The molecule has 31 heavy (non-hydrogen) atoms. The molecule has 0 saturated carbocycles. The van der Waals surface area contributed by atoms with Gasteiger partial charge in [0.1, 0.15) is 0 Å². The molecule has 0 amide bonds. The smallest absolute Gasteiger partial charge is 0.0777 e. The van der Waals surface area contributed by atoms with E-state index < -0.39 is 0 Å². The second-order valence-corrected chi connectivity index (χ2v) is 10.1. The van der Waals surface area contributed by atoms with Gasteiger partial charge in [0, 0.05) is 25.8 Å². The Hall–Kier alpha value is -2.22. The molecular formula is C28H29IrN2-. The number of imidazole rings is 1. The minimum absolute atomic E-state index is 0. The van der Waals surface area contributed by atoms with Crippen molar-refractivity contribution >= 4 is 11.0 Å². The average molecular weight is 586 g/mol. The number of nitrogens with zero attached hydrogens (tertiary/aromatic N) is 2. The zero-order chi connectivity index (χ0) is 21.3. The predicted octanol–water partition coefficient (Wildman–Crippen LogP) is 7.09. The van der Waals surface area contributed by atoms with Gasteiger partial charge in [-0.05, 0) is 51.6 Å². The van der Waals surface area contributed by atoms with E-state index in [2.05, 4.69) is 107 Å². The summed E-state index contributed by atoms with van der Waals surface area (Å²) < 4.78 is 2.29. The summed E-state index contributed by atoms with van der Waals surface area (Å²) in [6.07, 6.45) is 0. The Kier molecular flexibility index (Phi) is 5.07. The number of aromatic nitrogens is 2. The second kappa shape index (κ2) is 7.15. The molecule has 2 nitrogen and oxygen atoms in total. The predicted molar refractivity (Wildman–Crippen MR) is 125 cm³/mol. The van der Waals surface area contributed by atoms with E-state index >= 15 is 0 Å². The van der Waals surface area contributed by atoms with Gasteiger partial charge in [-0.25, -0.2) is 0 Å². The number of rotatable bonds is 2. The van der Waals surface area contributed by atoms with Crippen molar-refractivity contribution in [1.82, 2.24) is 9.55 Å². The summed E-state index contributed by atoms with van der Waals surface area (Å²) >= 11 is 0. The molecule has 0 fully saturated rings. The first-order valence-electron chi connectivity index (χ1n) is 10.8. The summed E-state index contributed by atoms with van der Waals surface area (Å²) in [5.74, 6) is 0.940. The van der Waals surface area contributed by atoms with Gasteiger partial charge in [0.05, 0.1) is 16.9 Å². The van der Waals surface area contributed by atoms with Crippen molar-refractivity contribution in [3.8, 4) is 17.1 Å². The van der Waals surface area contributed by atoms with Crippen LogP contribution in [-0.4, -0.2) is 9.55 Å². The second-order valence-electron chi connectivity index (χ2n) is 10.1. The molecule has 1 radical (unpaired) electrons. The zero-order valence-corrected chi connectivity index (χ0v) is 21.5. The zero-order valence-electron chi connectivity index (χ0n) is 19.1. The summed E-state index contributed by atoms with van der Waals surface area (Å²) in [7, 11) is 0. The van der Waals surface area contributed by atoms with Gasteiger partial charge >= 0.3 is 0 Å². The van der Waals surface area contributed by atoms with Gasteiger partial charge in [0.25, 0.3) is 0 Å². The first-order chi connectivity index (χ1) is 14.2. The van der Waals surface area contributed by atoms with Crippen molar-refractivity contribution in [3.05, 3.63) is 83.9 Å². The standard InChI is InChI=1S/C28H29N2.Ir/c1-26(2)21-17-23-24(18-22(21)27(3,4)28(26,5)6)30(20-15-11-8-12-16-20)25(29-23)19-13-9-7-10-14-19;/h7-13,15-18H,1-6H3;/q-1;. The van der Waals surface area contributed by atoms with Crippen LogP contribution in [0.4, 0.5) is 0 Å². The Morgan fingerprint density at radius 1 is 0.774 bits per heavy atom. The monoisotopic (exact) mass is 586 g/mol. The van der Waals surface area contributed by atoms with Crippen LogP contribution in [0.3, 0.4) is 0 Å². The molecule has 3 heteroatoms. The Bertz CT molecular complexity index is 1250. The maximum Gasteiger partial charge on any atom is 0.0777 e. The van der Waals surface area contributed by atoms with Crippen LogP contribution in [0.5, 0.6) is 0 Å². The number of hydrogen-bond acceptors (Lipinski definition) is 1. The molecule has 4 aromatic rings. The maximum absolute atomic E-state index is 5.13. The minimum Gasteiger partial charge on any atom is -0.333 e. The van der Waals surface area contributed by atoms with Crippen LogP contribution in [0.2, 0.25) is 0 Å². The summed E-state index contributed by atoms with van der Waals surface area (Å²) in [4.78, 5) is 5.13. The molecule has 1 aliphatic rings. The molecule has 0 unspecified atom stereocenters. The van der Waals surface area contributed by atoms with Gasteiger partial charge < -0.3 is 4.57 Å². The quantitative estimate of drug-likeness (QED) is 0.230. The van der Waals surface area contributed by atoms with E-state index in [0.717, 1.165) is 28.1 Å². The van der Waals surface area contributed by atoms with Crippen LogP contribution in [0.1, 0.15) is 52.7 Å². The summed E-state index contributed by atoms with van der Waals surface area (Å²) in [5.41, 5.74) is 7.46. The third-order valence-electron chi connectivity index (χ3n) is 8.23. The normalized spacial score (nSPS) is 17.9. The molecule has 3 aromatic carbocycles. The van der Waals surface area contributed by atoms with E-state index in [-0.39, 0.29) is 36.4 Å². The molecular weight excluding hydrogens is 557 g/mol. The van der Waals surface area contributed by atoms with Crippen molar-refractivity contribution in [3.63, 3.8) is 0 Å². The van der Waals surface area contributed by atoms with E-state index in [4.69, 9.17) is 4.98 Å². The van der Waals surface area contributed by atoms with Gasteiger partial charge in [-0.15, -0.1) is 35.9 Å². The molecule has 5 rings (SSSR count). The number of benzene rings is 3. The van der Waals surface area contributed by atoms with Crippen LogP contribution >= 0.6 is 0 Å². The van der Waals surface area contributed by atoms with Gasteiger partial charge in [0.15, 0.2) is 0 Å². The summed E-state index contributed by atoms with van der Waals surface area (Å²) in [6.45, 7) is 14.4. The fourth-order valence-corrected chi connectivity index (χ4v) is 5.16. The molecule has 0 atom stereocenters. The summed E-state index contributed by atoms with van der Waals surface area (Å²) in [6, 6.07) is 26.7. The fraction of sp³-hybridized carbons (Fsp3) is 0.321. The van der Waals surface area contributed by atoms with E-state index in [0.29, 0.717) is 0 Å². The molecule has 0 aliphatic heterocycles. The van der Waals surface area contributed by atoms with Crippen molar-refractivity contribution in [2.45, 2.75) is 52.4 Å². The van der Waals surface area contributed by atoms with Crippen LogP contribution in [0.25, 0.3) is 28.1 Å². The van der Waals surface area contributed by atoms with Gasteiger partial charge in [-0.1, -0.05) is 59.7 Å². The third-order valence-corrected chi connectivity index (χ3v) is 8.23. The molecule has 0 N–H and O–H groups in total. The van der Waals surface area contributed by atoms with E-state index in [1.807, 2.05) is 12.1 Å². The van der Waals surface area contributed by atoms with Gasteiger partial charge in [0.2, 0.25) is 0 Å².